The molecule has 1 amide bonds. The van der Waals surface area contributed by atoms with Gasteiger partial charge in [0.2, 0.25) is 0 Å². The molecule has 2 rings (SSSR count). The number of aromatic nitrogens is 2. The van der Waals surface area contributed by atoms with E-state index >= 15 is 0 Å². The third-order valence-electron chi connectivity index (χ3n) is 4.65. The number of furan rings is 1. The summed E-state index contributed by atoms with van der Waals surface area (Å²) in [4.78, 5) is 39.9. The smallest absolute Gasteiger partial charge is 0.330 e. The van der Waals surface area contributed by atoms with E-state index < -0.39 is 18.0 Å². The molecule has 0 fully saturated rings. The van der Waals surface area contributed by atoms with E-state index in [-0.39, 0.29) is 6.54 Å². The van der Waals surface area contributed by atoms with Gasteiger partial charge in [0.1, 0.15) is 23.9 Å². The fourth-order valence-electron chi connectivity index (χ4n) is 2.94. The van der Waals surface area contributed by atoms with Crippen molar-refractivity contribution in [1.29, 1.82) is 0 Å². The number of Topliss-reactive ketones (excluding diaryl/α,β-unsaturated/α-hetero) is 1. The minimum atomic E-state index is -1.05. The van der Waals surface area contributed by atoms with Crippen LogP contribution in [0.15, 0.2) is 66.8 Å². The Morgan fingerprint density at radius 3 is 2.31 bits per heavy atom. The number of hydrogen-bond donors (Lipinski definition) is 1. The van der Waals surface area contributed by atoms with Crippen LogP contribution in [0.3, 0.4) is 0 Å². The highest BCUT2D eigenvalue weighted by Gasteiger charge is 2.29. The number of rotatable bonds is 13. The van der Waals surface area contributed by atoms with Crippen molar-refractivity contribution in [3.8, 4) is 0 Å². The summed E-state index contributed by atoms with van der Waals surface area (Å²) in [7, 11) is 0. The van der Waals surface area contributed by atoms with Gasteiger partial charge >= 0.3 is 12.0 Å². The second-order valence-corrected chi connectivity index (χ2v) is 7.12. The molecule has 0 aliphatic rings. The van der Waals surface area contributed by atoms with Gasteiger partial charge in [0, 0.05) is 25.2 Å². The Hall–Kier alpha value is -3.42. The van der Waals surface area contributed by atoms with Gasteiger partial charge in [-0.15, -0.1) is 13.2 Å². The highest BCUT2D eigenvalue weighted by Crippen LogP contribution is 2.14. The molecule has 0 bridgehead atoms. The summed E-state index contributed by atoms with van der Waals surface area (Å²) in [5.74, 6) is -0.149. The molecule has 0 spiro atoms. The van der Waals surface area contributed by atoms with Crippen LogP contribution < -0.4 is 0 Å². The lowest BCUT2D eigenvalue weighted by Crippen LogP contribution is -2.45. The predicted molar refractivity (Wildman–Crippen MR) is 122 cm³/mol. The standard InChI is InChI=1S/C13H15N3O4.C11H18O/c1-2-11(12(17)18)16(8-10-4-3-7-20-10)13(19)15-6-5-14-9-15;1-3-5-7-9-11(12)10-8-6-4-2/h3-7,9,11H,2,8H2,1H3,(H,17,18);3-4H,1-2,5-10H2. The first-order chi connectivity index (χ1) is 15.4. The number of allylic oxidation sites excluding steroid dienone is 2. The van der Waals surface area contributed by atoms with Gasteiger partial charge in [-0.1, -0.05) is 19.1 Å². The van der Waals surface area contributed by atoms with Crippen LogP contribution in [-0.2, 0) is 16.1 Å². The SMILES string of the molecule is C=CCCCC(=O)CCCC=C.CCC(C(=O)O)N(Cc1ccco1)C(=O)n1ccnc1. The number of nitrogens with zero attached hydrogens (tertiary/aromatic N) is 3. The molecule has 2 heterocycles. The zero-order valence-corrected chi connectivity index (χ0v) is 18.7. The van der Waals surface area contributed by atoms with E-state index in [1.165, 1.54) is 34.5 Å². The molecule has 1 unspecified atom stereocenters. The van der Waals surface area contributed by atoms with E-state index in [4.69, 9.17) is 4.42 Å². The maximum absolute atomic E-state index is 12.4. The molecule has 1 N–H and O–H groups in total. The first kappa shape index (κ1) is 26.6. The Morgan fingerprint density at radius 2 is 1.88 bits per heavy atom. The van der Waals surface area contributed by atoms with Gasteiger partial charge in [-0.2, -0.15) is 0 Å². The van der Waals surface area contributed by atoms with Gasteiger partial charge in [0.05, 0.1) is 12.8 Å². The summed E-state index contributed by atoms with van der Waals surface area (Å²) in [6.45, 7) is 9.03. The van der Waals surface area contributed by atoms with Gasteiger partial charge in [-0.25, -0.2) is 14.6 Å². The molecule has 2 aromatic heterocycles. The molecule has 0 aliphatic carbocycles. The van der Waals surface area contributed by atoms with Crippen LogP contribution in [0.2, 0.25) is 0 Å². The second kappa shape index (κ2) is 15.4. The third-order valence-corrected chi connectivity index (χ3v) is 4.65. The van der Waals surface area contributed by atoms with Crippen LogP contribution in [0, 0.1) is 0 Å². The van der Waals surface area contributed by atoms with Crippen molar-refractivity contribution in [1.82, 2.24) is 14.5 Å². The lowest BCUT2D eigenvalue weighted by atomic mass is 10.1. The Bertz CT molecular complexity index is 812. The predicted octanol–water partition coefficient (Wildman–Crippen LogP) is 5.08. The molecule has 32 heavy (non-hydrogen) atoms. The highest BCUT2D eigenvalue weighted by atomic mass is 16.4. The summed E-state index contributed by atoms with van der Waals surface area (Å²) < 4.78 is 6.44. The summed E-state index contributed by atoms with van der Waals surface area (Å²) in [6.07, 6.45) is 15.0. The van der Waals surface area contributed by atoms with Crippen molar-refractivity contribution >= 4 is 17.8 Å². The molecule has 174 valence electrons. The first-order valence-electron chi connectivity index (χ1n) is 10.7. The molecule has 0 aromatic carbocycles. The van der Waals surface area contributed by atoms with Gasteiger partial charge in [0.25, 0.3) is 0 Å². The van der Waals surface area contributed by atoms with Crippen LogP contribution in [0.25, 0.3) is 0 Å². The van der Waals surface area contributed by atoms with Crippen molar-refractivity contribution in [2.24, 2.45) is 0 Å². The van der Waals surface area contributed by atoms with Crippen molar-refractivity contribution in [3.63, 3.8) is 0 Å². The lowest BCUT2D eigenvalue weighted by molar-refractivity contribution is -0.142. The van der Waals surface area contributed by atoms with Crippen molar-refractivity contribution in [2.75, 3.05) is 0 Å². The van der Waals surface area contributed by atoms with E-state index in [1.54, 1.807) is 19.1 Å². The summed E-state index contributed by atoms with van der Waals surface area (Å²) in [5.41, 5.74) is 0. The molecule has 0 radical (unpaired) electrons. The van der Waals surface area contributed by atoms with Crippen molar-refractivity contribution in [3.05, 3.63) is 68.2 Å². The monoisotopic (exact) mass is 443 g/mol. The van der Waals surface area contributed by atoms with Crippen LogP contribution >= 0.6 is 0 Å². The molecule has 0 saturated carbocycles. The van der Waals surface area contributed by atoms with E-state index in [0.717, 1.165) is 25.7 Å². The fourth-order valence-corrected chi connectivity index (χ4v) is 2.94. The Labute approximate surface area is 189 Å². The fraction of sp³-hybridized carbons (Fsp3) is 0.417. The van der Waals surface area contributed by atoms with E-state index in [9.17, 15) is 19.5 Å². The number of unbranched alkanes of at least 4 members (excludes halogenated alkanes) is 2. The normalized spacial score (nSPS) is 11.0. The summed E-state index contributed by atoms with van der Waals surface area (Å²) >= 11 is 0. The van der Waals surface area contributed by atoms with Crippen LogP contribution in [0.5, 0.6) is 0 Å². The van der Waals surface area contributed by atoms with E-state index in [0.29, 0.717) is 30.8 Å². The van der Waals surface area contributed by atoms with E-state index in [1.807, 2.05) is 12.2 Å². The number of carbonyl (C=O) groups is 3. The molecule has 8 heteroatoms. The number of amides is 1. The quantitative estimate of drug-likeness (QED) is 0.342. The van der Waals surface area contributed by atoms with Crippen LogP contribution in [-0.4, -0.2) is 43.4 Å². The molecule has 0 saturated heterocycles. The van der Waals surface area contributed by atoms with Crippen molar-refractivity contribution < 1.29 is 23.9 Å². The zero-order chi connectivity index (χ0) is 23.8. The Morgan fingerprint density at radius 1 is 1.22 bits per heavy atom. The molecule has 1 atom stereocenters. The summed E-state index contributed by atoms with van der Waals surface area (Å²) in [5, 5.41) is 9.27. The van der Waals surface area contributed by atoms with Gasteiger partial charge in [-0.3, -0.25) is 9.36 Å². The Balaban J connectivity index is 0.000000368. The topological polar surface area (TPSA) is 106 Å². The molecular formula is C24H33N3O5. The number of carboxylic acids is 1. The third kappa shape index (κ3) is 9.59. The maximum atomic E-state index is 12.4. The second-order valence-electron chi connectivity index (χ2n) is 7.12. The molecular weight excluding hydrogens is 410 g/mol. The Kier molecular flexibility index (Phi) is 12.8. The minimum Gasteiger partial charge on any atom is -0.480 e. The van der Waals surface area contributed by atoms with Crippen LogP contribution in [0.4, 0.5) is 4.79 Å². The van der Waals surface area contributed by atoms with E-state index in [2.05, 4.69) is 18.1 Å². The summed E-state index contributed by atoms with van der Waals surface area (Å²) in [6, 6.07) is 2.02. The number of ketones is 1. The average molecular weight is 444 g/mol. The van der Waals surface area contributed by atoms with Gasteiger partial charge < -0.3 is 14.4 Å². The number of carbonyl (C=O) groups excluding carboxylic acids is 2. The molecule has 8 nitrogen and oxygen atoms in total. The largest absolute Gasteiger partial charge is 0.480 e. The highest BCUT2D eigenvalue weighted by molar-refractivity contribution is 5.83. The zero-order valence-electron chi connectivity index (χ0n) is 18.7. The molecule has 2 aromatic rings. The number of imidazole rings is 1. The lowest BCUT2D eigenvalue weighted by Gasteiger charge is -2.27. The molecule has 0 aliphatic heterocycles. The first-order valence-corrected chi connectivity index (χ1v) is 10.7. The minimum absolute atomic E-state index is 0.0921. The number of hydrogen-bond acceptors (Lipinski definition) is 5. The maximum Gasteiger partial charge on any atom is 0.330 e. The van der Waals surface area contributed by atoms with Gasteiger partial charge in [0.15, 0.2) is 0 Å². The van der Waals surface area contributed by atoms with Crippen molar-refractivity contribution in [2.45, 2.75) is 64.5 Å². The average Bonchev–Trinajstić information content (AvgIpc) is 3.48. The number of carboxylic acid groups (broad SMARTS) is 1. The number of aliphatic carboxylic acids is 1. The van der Waals surface area contributed by atoms with Gasteiger partial charge in [-0.05, 0) is 44.2 Å². The van der Waals surface area contributed by atoms with Crippen LogP contribution in [0.1, 0.15) is 57.6 Å².